The van der Waals surface area contributed by atoms with Crippen LogP contribution in [0.3, 0.4) is 0 Å². The number of nitrogen functional groups attached to an aromatic ring is 1. The standard InChI is InChI=1S/C19H15N9O4S/c1-33-14-8-2-11(3-9-14)10-21-23-19(29)15-16(12-4-6-13(7-5-12)28(30)31)27(26-22-15)18-17(20)24-32-25-18/h2-10H,1H3,(H2,20,24)(H,23,29)/b21-10+. The highest BCUT2D eigenvalue weighted by Crippen LogP contribution is 2.28. The normalized spacial score (nSPS) is 11.1. The molecule has 0 saturated carbocycles. The van der Waals surface area contributed by atoms with Gasteiger partial charge in [0.25, 0.3) is 11.6 Å². The Kier molecular flexibility index (Phi) is 6.08. The fraction of sp³-hybridized carbons (Fsp3) is 0.0526. The number of hydrogen-bond donors (Lipinski definition) is 2. The third-order valence-electron chi connectivity index (χ3n) is 4.43. The molecule has 3 N–H and O–H groups in total. The highest BCUT2D eigenvalue weighted by atomic mass is 32.2. The smallest absolute Gasteiger partial charge is 0.294 e. The summed E-state index contributed by atoms with van der Waals surface area (Å²) in [5, 5.41) is 30.0. The summed E-state index contributed by atoms with van der Waals surface area (Å²) in [6, 6.07) is 13.1. The molecule has 0 unspecified atom stereocenters. The molecule has 0 fully saturated rings. The van der Waals surface area contributed by atoms with E-state index in [-0.39, 0.29) is 28.7 Å². The van der Waals surface area contributed by atoms with Crippen molar-refractivity contribution in [2.75, 3.05) is 12.0 Å². The second-order valence-electron chi connectivity index (χ2n) is 6.45. The number of amides is 1. The van der Waals surface area contributed by atoms with Gasteiger partial charge in [0.05, 0.1) is 11.1 Å². The molecule has 0 aliphatic heterocycles. The zero-order valence-corrected chi connectivity index (χ0v) is 17.8. The molecule has 14 heteroatoms. The number of hydrogen-bond acceptors (Lipinski definition) is 11. The summed E-state index contributed by atoms with van der Waals surface area (Å²) in [5.74, 6) is -0.740. The zero-order chi connectivity index (χ0) is 23.4. The monoisotopic (exact) mass is 465 g/mol. The van der Waals surface area contributed by atoms with Crippen molar-refractivity contribution in [3.05, 3.63) is 69.9 Å². The van der Waals surface area contributed by atoms with E-state index in [2.05, 4.69) is 35.8 Å². The maximum absolute atomic E-state index is 12.8. The molecule has 2 heterocycles. The zero-order valence-electron chi connectivity index (χ0n) is 16.9. The first-order valence-electron chi connectivity index (χ1n) is 9.24. The number of thioether (sulfide) groups is 1. The van der Waals surface area contributed by atoms with Crippen molar-refractivity contribution in [3.8, 4) is 17.1 Å². The van der Waals surface area contributed by atoms with Crippen LogP contribution < -0.4 is 11.2 Å². The number of aromatic nitrogens is 5. The molecule has 4 aromatic rings. The Morgan fingerprint density at radius 1 is 1.21 bits per heavy atom. The molecule has 1 amide bonds. The third kappa shape index (κ3) is 4.54. The molecule has 0 radical (unpaired) electrons. The van der Waals surface area contributed by atoms with Crippen LogP contribution in [0.5, 0.6) is 0 Å². The predicted molar refractivity (Wildman–Crippen MR) is 119 cm³/mol. The first kappa shape index (κ1) is 21.6. The molecule has 166 valence electrons. The summed E-state index contributed by atoms with van der Waals surface area (Å²) in [6.45, 7) is 0. The fourth-order valence-electron chi connectivity index (χ4n) is 2.83. The molecule has 0 atom stereocenters. The molecule has 2 aromatic heterocycles. The van der Waals surface area contributed by atoms with Crippen molar-refractivity contribution in [2.24, 2.45) is 5.10 Å². The van der Waals surface area contributed by atoms with Crippen molar-refractivity contribution >= 4 is 35.4 Å². The molecule has 0 aliphatic carbocycles. The minimum atomic E-state index is -0.665. The van der Waals surface area contributed by atoms with Crippen LogP contribution in [0, 0.1) is 10.1 Å². The number of nitro groups is 1. The van der Waals surface area contributed by atoms with E-state index in [0.717, 1.165) is 15.1 Å². The van der Waals surface area contributed by atoms with Crippen molar-refractivity contribution in [2.45, 2.75) is 4.90 Å². The van der Waals surface area contributed by atoms with Gasteiger partial charge in [0.15, 0.2) is 5.69 Å². The minimum absolute atomic E-state index is 0.00675. The van der Waals surface area contributed by atoms with Gasteiger partial charge in [-0.3, -0.25) is 14.9 Å². The maximum atomic E-state index is 12.8. The summed E-state index contributed by atoms with van der Waals surface area (Å²) < 4.78 is 5.77. The molecule has 33 heavy (non-hydrogen) atoms. The van der Waals surface area contributed by atoms with Crippen molar-refractivity contribution in [1.29, 1.82) is 0 Å². The molecule has 0 bridgehead atoms. The van der Waals surface area contributed by atoms with E-state index < -0.39 is 10.8 Å². The lowest BCUT2D eigenvalue weighted by molar-refractivity contribution is -0.384. The van der Waals surface area contributed by atoms with Gasteiger partial charge in [-0.15, -0.1) is 16.9 Å². The number of nitrogens with two attached hydrogens (primary N) is 1. The van der Waals surface area contributed by atoms with Crippen LogP contribution in [0.25, 0.3) is 17.1 Å². The van der Waals surface area contributed by atoms with Gasteiger partial charge in [-0.1, -0.05) is 17.3 Å². The number of anilines is 1. The van der Waals surface area contributed by atoms with E-state index in [9.17, 15) is 14.9 Å². The number of rotatable bonds is 7. The largest absolute Gasteiger partial charge is 0.378 e. The average Bonchev–Trinajstić information content (AvgIpc) is 3.45. The Balaban J connectivity index is 1.66. The lowest BCUT2D eigenvalue weighted by Gasteiger charge is -2.05. The first-order valence-corrected chi connectivity index (χ1v) is 10.5. The van der Waals surface area contributed by atoms with Crippen LogP contribution in [0.1, 0.15) is 16.1 Å². The molecule has 4 rings (SSSR count). The summed E-state index contributed by atoms with van der Waals surface area (Å²) in [6.07, 6.45) is 3.46. The summed E-state index contributed by atoms with van der Waals surface area (Å²) >= 11 is 1.61. The van der Waals surface area contributed by atoms with Crippen molar-refractivity contribution in [1.82, 2.24) is 30.7 Å². The lowest BCUT2D eigenvalue weighted by Crippen LogP contribution is -2.19. The number of nitrogens with one attached hydrogen (secondary N) is 1. The van der Waals surface area contributed by atoms with Gasteiger partial charge in [-0.2, -0.15) is 9.78 Å². The van der Waals surface area contributed by atoms with E-state index in [1.54, 1.807) is 11.8 Å². The summed E-state index contributed by atoms with van der Waals surface area (Å²) in [7, 11) is 0. The lowest BCUT2D eigenvalue weighted by atomic mass is 10.1. The molecule has 0 aliphatic rings. The van der Waals surface area contributed by atoms with E-state index in [1.165, 1.54) is 30.5 Å². The second kappa shape index (κ2) is 9.27. The molecule has 2 aromatic carbocycles. The number of non-ortho nitro benzene ring substituents is 1. The van der Waals surface area contributed by atoms with E-state index in [1.807, 2.05) is 30.5 Å². The maximum Gasteiger partial charge on any atom is 0.294 e. The SMILES string of the molecule is CSc1ccc(/C=N/NC(=O)c2nnn(-c3nonc3N)c2-c2ccc([N+](=O)[O-])cc2)cc1. The number of benzene rings is 2. The Morgan fingerprint density at radius 2 is 1.94 bits per heavy atom. The van der Waals surface area contributed by atoms with Crippen molar-refractivity contribution < 1.29 is 14.3 Å². The Morgan fingerprint density at radius 3 is 2.55 bits per heavy atom. The van der Waals surface area contributed by atoms with E-state index in [4.69, 9.17) is 5.73 Å². The molecule has 13 nitrogen and oxygen atoms in total. The minimum Gasteiger partial charge on any atom is -0.378 e. The Labute approximate surface area is 189 Å². The highest BCUT2D eigenvalue weighted by Gasteiger charge is 2.25. The number of carbonyl (C=O) groups excluding carboxylic acids is 1. The predicted octanol–water partition coefficient (Wildman–Crippen LogP) is 2.29. The Hall–Kier alpha value is -4.59. The molecular weight excluding hydrogens is 450 g/mol. The number of hydrazone groups is 1. The fourth-order valence-corrected chi connectivity index (χ4v) is 3.24. The van der Waals surface area contributed by atoms with Gasteiger partial charge in [-0.05, 0) is 46.4 Å². The van der Waals surface area contributed by atoms with Crippen LogP contribution in [0.15, 0.2) is 63.2 Å². The van der Waals surface area contributed by atoms with Crippen molar-refractivity contribution in [3.63, 3.8) is 0 Å². The van der Waals surface area contributed by atoms with Crippen LogP contribution in [-0.2, 0) is 0 Å². The van der Waals surface area contributed by atoms with Gasteiger partial charge in [0.1, 0.15) is 5.69 Å². The van der Waals surface area contributed by atoms with Gasteiger partial charge in [0.2, 0.25) is 11.6 Å². The highest BCUT2D eigenvalue weighted by molar-refractivity contribution is 7.98. The average molecular weight is 465 g/mol. The molecular formula is C19H15N9O4S. The van der Waals surface area contributed by atoms with Crippen LogP contribution in [0.2, 0.25) is 0 Å². The Bertz CT molecular complexity index is 1330. The first-order chi connectivity index (χ1) is 16.0. The van der Waals surface area contributed by atoms with E-state index in [0.29, 0.717) is 5.56 Å². The molecule has 0 spiro atoms. The topological polar surface area (TPSA) is 180 Å². The second-order valence-corrected chi connectivity index (χ2v) is 7.33. The van der Waals surface area contributed by atoms with E-state index >= 15 is 0 Å². The number of nitrogens with zero attached hydrogens (tertiary/aromatic N) is 7. The summed E-state index contributed by atoms with van der Waals surface area (Å²) in [5.41, 5.74) is 9.29. The van der Waals surface area contributed by atoms with Crippen LogP contribution in [-0.4, -0.2) is 48.6 Å². The number of nitro benzene ring substituents is 1. The third-order valence-corrected chi connectivity index (χ3v) is 5.17. The van der Waals surface area contributed by atoms with Crippen LogP contribution >= 0.6 is 11.8 Å². The number of carbonyl (C=O) groups is 1. The van der Waals surface area contributed by atoms with Gasteiger partial charge in [-0.25, -0.2) is 10.1 Å². The van der Waals surface area contributed by atoms with Crippen LogP contribution in [0.4, 0.5) is 11.5 Å². The van der Waals surface area contributed by atoms with Gasteiger partial charge >= 0.3 is 0 Å². The quantitative estimate of drug-likeness (QED) is 0.178. The summed E-state index contributed by atoms with van der Waals surface area (Å²) in [4.78, 5) is 24.4. The van der Waals surface area contributed by atoms with Gasteiger partial charge in [0, 0.05) is 22.6 Å². The molecule has 0 saturated heterocycles. The van der Waals surface area contributed by atoms with Gasteiger partial charge < -0.3 is 5.73 Å².